The summed E-state index contributed by atoms with van der Waals surface area (Å²) in [4.78, 5) is 35.6. The number of aromatic amines is 1. The van der Waals surface area contributed by atoms with E-state index in [0.29, 0.717) is 12.6 Å². The first-order valence-electron chi connectivity index (χ1n) is 4.58. The topological polar surface area (TPSA) is 67.0 Å². The van der Waals surface area contributed by atoms with Crippen LogP contribution in [0.25, 0.3) is 0 Å². The molecule has 0 saturated heterocycles. The summed E-state index contributed by atoms with van der Waals surface area (Å²) in [5, 5.41) is 0. The molecule has 0 unspecified atom stereocenters. The van der Waals surface area contributed by atoms with Gasteiger partial charge in [0.1, 0.15) is 0 Å². The van der Waals surface area contributed by atoms with Crippen LogP contribution in [0, 0.1) is 5.41 Å². The molecule has 0 aliphatic heterocycles. The second-order valence-electron chi connectivity index (χ2n) is 4.37. The molecule has 4 nitrogen and oxygen atoms in total. The minimum absolute atomic E-state index is 0.158. The van der Waals surface area contributed by atoms with Crippen molar-refractivity contribution in [1.82, 2.24) is 4.98 Å². The molecule has 1 rings (SSSR count). The van der Waals surface area contributed by atoms with Crippen LogP contribution in [0.1, 0.15) is 52.1 Å². The van der Waals surface area contributed by atoms with Crippen LogP contribution in [0.2, 0.25) is 0 Å². The third-order valence-electron chi connectivity index (χ3n) is 2.04. The fraction of sp³-hybridized carbons (Fsp3) is 0.364. The lowest BCUT2D eigenvalue weighted by Crippen LogP contribution is -2.20. The maximum Gasteiger partial charge on any atom is 0.170 e. The molecular formula is C11H13NO3. The van der Waals surface area contributed by atoms with E-state index in [0.717, 1.165) is 0 Å². The van der Waals surface area contributed by atoms with Gasteiger partial charge in [-0.2, -0.15) is 0 Å². The van der Waals surface area contributed by atoms with E-state index >= 15 is 0 Å². The Morgan fingerprint density at radius 2 is 1.87 bits per heavy atom. The molecule has 0 aliphatic rings. The highest BCUT2D eigenvalue weighted by Gasteiger charge is 2.26. The SMILES string of the molecule is CC(C)(C)C(=O)c1cc(C=O)[nH]c1C=O. The molecule has 0 aliphatic carbocycles. The molecule has 0 atom stereocenters. The quantitative estimate of drug-likeness (QED) is 0.607. The smallest absolute Gasteiger partial charge is 0.170 e. The summed E-state index contributed by atoms with van der Waals surface area (Å²) in [5.41, 5.74) is 0.112. The van der Waals surface area contributed by atoms with E-state index in [1.165, 1.54) is 6.07 Å². The molecule has 0 radical (unpaired) electrons. The van der Waals surface area contributed by atoms with Gasteiger partial charge in [-0.25, -0.2) is 0 Å². The number of carbonyl (C=O) groups is 3. The van der Waals surface area contributed by atoms with E-state index in [4.69, 9.17) is 0 Å². The van der Waals surface area contributed by atoms with Gasteiger partial charge in [0.25, 0.3) is 0 Å². The number of hydrogen-bond acceptors (Lipinski definition) is 3. The van der Waals surface area contributed by atoms with Gasteiger partial charge in [-0.05, 0) is 6.07 Å². The molecule has 80 valence electrons. The van der Waals surface area contributed by atoms with Crippen molar-refractivity contribution in [2.45, 2.75) is 20.8 Å². The van der Waals surface area contributed by atoms with Crippen molar-refractivity contribution in [1.29, 1.82) is 0 Å². The molecule has 4 heteroatoms. The second kappa shape index (κ2) is 3.81. The summed E-state index contributed by atoms with van der Waals surface area (Å²) in [6, 6.07) is 1.41. The predicted octanol–water partition coefficient (Wildman–Crippen LogP) is 1.87. The first-order valence-corrected chi connectivity index (χ1v) is 4.58. The Bertz CT molecular complexity index is 410. The molecule has 1 aromatic rings. The highest BCUT2D eigenvalue weighted by atomic mass is 16.1. The maximum atomic E-state index is 11.9. The molecule has 1 N–H and O–H groups in total. The summed E-state index contributed by atoms with van der Waals surface area (Å²) >= 11 is 0. The molecular weight excluding hydrogens is 194 g/mol. The summed E-state index contributed by atoms with van der Waals surface area (Å²) in [7, 11) is 0. The fourth-order valence-electron chi connectivity index (χ4n) is 1.24. The van der Waals surface area contributed by atoms with Gasteiger partial charge in [0.05, 0.1) is 11.4 Å². The van der Waals surface area contributed by atoms with Crippen LogP contribution in [-0.2, 0) is 0 Å². The lowest BCUT2D eigenvalue weighted by molar-refractivity contribution is 0.0855. The predicted molar refractivity (Wildman–Crippen MR) is 55.4 cm³/mol. The summed E-state index contributed by atoms with van der Waals surface area (Å²) < 4.78 is 0. The van der Waals surface area contributed by atoms with Crippen molar-refractivity contribution in [2.75, 3.05) is 0 Å². The van der Waals surface area contributed by atoms with Gasteiger partial charge in [0.15, 0.2) is 18.4 Å². The first kappa shape index (κ1) is 11.4. The highest BCUT2D eigenvalue weighted by Crippen LogP contribution is 2.22. The van der Waals surface area contributed by atoms with E-state index in [2.05, 4.69) is 4.98 Å². The van der Waals surface area contributed by atoms with E-state index in [1.54, 1.807) is 20.8 Å². The zero-order valence-electron chi connectivity index (χ0n) is 8.96. The molecule has 0 bridgehead atoms. The minimum Gasteiger partial charge on any atom is -0.350 e. The third kappa shape index (κ3) is 2.21. The zero-order valence-corrected chi connectivity index (χ0v) is 8.96. The molecule has 0 spiro atoms. The van der Waals surface area contributed by atoms with Crippen molar-refractivity contribution >= 4 is 18.4 Å². The van der Waals surface area contributed by atoms with Gasteiger partial charge >= 0.3 is 0 Å². The highest BCUT2D eigenvalue weighted by molar-refractivity contribution is 6.06. The molecule has 1 heterocycles. The van der Waals surface area contributed by atoms with Gasteiger partial charge in [-0.3, -0.25) is 14.4 Å². The first-order chi connectivity index (χ1) is 6.90. The Kier molecular flexibility index (Phi) is 2.88. The van der Waals surface area contributed by atoms with Crippen molar-refractivity contribution in [3.05, 3.63) is 23.0 Å². The average Bonchev–Trinajstić information content (AvgIpc) is 2.57. The lowest BCUT2D eigenvalue weighted by atomic mass is 9.86. The van der Waals surface area contributed by atoms with E-state index in [1.807, 2.05) is 0 Å². The number of aromatic nitrogens is 1. The summed E-state index contributed by atoms with van der Waals surface area (Å²) in [5.74, 6) is -0.158. The number of H-pyrrole nitrogens is 1. The van der Waals surface area contributed by atoms with Gasteiger partial charge in [-0.1, -0.05) is 20.8 Å². The normalized spacial score (nSPS) is 11.1. The van der Waals surface area contributed by atoms with Gasteiger partial charge in [0.2, 0.25) is 0 Å². The van der Waals surface area contributed by atoms with Crippen LogP contribution >= 0.6 is 0 Å². The molecule has 1 aromatic heterocycles. The number of aldehydes is 2. The maximum absolute atomic E-state index is 11.9. The van der Waals surface area contributed by atoms with E-state index in [-0.39, 0.29) is 22.7 Å². The fourth-order valence-corrected chi connectivity index (χ4v) is 1.24. The largest absolute Gasteiger partial charge is 0.350 e. The average molecular weight is 207 g/mol. The number of Topliss-reactive ketones (excluding diaryl/α,β-unsaturated/α-hetero) is 1. The number of nitrogens with one attached hydrogen (secondary N) is 1. The van der Waals surface area contributed by atoms with Gasteiger partial charge in [0, 0.05) is 11.0 Å². The van der Waals surface area contributed by atoms with Crippen LogP contribution in [0.3, 0.4) is 0 Å². The Labute approximate surface area is 87.7 Å². The van der Waals surface area contributed by atoms with Crippen molar-refractivity contribution in [2.24, 2.45) is 5.41 Å². The van der Waals surface area contributed by atoms with Crippen LogP contribution in [0.15, 0.2) is 6.07 Å². The van der Waals surface area contributed by atoms with E-state index in [9.17, 15) is 14.4 Å². The number of rotatable bonds is 3. The number of carbonyl (C=O) groups excluding carboxylic acids is 3. The molecule has 0 saturated carbocycles. The molecule has 0 fully saturated rings. The molecule has 0 amide bonds. The van der Waals surface area contributed by atoms with E-state index < -0.39 is 5.41 Å². The Hall–Kier alpha value is -1.71. The number of ketones is 1. The van der Waals surface area contributed by atoms with Crippen molar-refractivity contribution in [3.8, 4) is 0 Å². The van der Waals surface area contributed by atoms with Crippen molar-refractivity contribution < 1.29 is 14.4 Å². The van der Waals surface area contributed by atoms with Crippen LogP contribution in [0.5, 0.6) is 0 Å². The number of hydrogen-bond donors (Lipinski definition) is 1. The van der Waals surface area contributed by atoms with Crippen LogP contribution < -0.4 is 0 Å². The zero-order chi connectivity index (χ0) is 11.6. The second-order valence-corrected chi connectivity index (χ2v) is 4.37. The van der Waals surface area contributed by atoms with Gasteiger partial charge in [-0.15, -0.1) is 0 Å². The van der Waals surface area contributed by atoms with Crippen molar-refractivity contribution in [3.63, 3.8) is 0 Å². The Morgan fingerprint density at radius 1 is 1.27 bits per heavy atom. The summed E-state index contributed by atoms with van der Waals surface area (Å²) in [6.07, 6.45) is 1.12. The van der Waals surface area contributed by atoms with Crippen LogP contribution in [-0.4, -0.2) is 23.3 Å². The van der Waals surface area contributed by atoms with Gasteiger partial charge < -0.3 is 4.98 Å². The molecule has 0 aromatic carbocycles. The molecule has 15 heavy (non-hydrogen) atoms. The third-order valence-corrected chi connectivity index (χ3v) is 2.04. The van der Waals surface area contributed by atoms with Crippen LogP contribution in [0.4, 0.5) is 0 Å². The minimum atomic E-state index is -0.569. The standard InChI is InChI=1S/C11H13NO3/c1-11(2,3)10(15)8-4-7(5-13)12-9(8)6-14/h4-6,12H,1-3H3. The lowest BCUT2D eigenvalue weighted by Gasteiger charge is -2.15. The monoisotopic (exact) mass is 207 g/mol. The Morgan fingerprint density at radius 3 is 2.27 bits per heavy atom. The summed E-state index contributed by atoms with van der Waals surface area (Å²) in [6.45, 7) is 5.28. The Balaban J connectivity index is 3.24.